The minimum atomic E-state index is -3.53. The van der Waals surface area contributed by atoms with Crippen LogP contribution in [0.15, 0.2) is 29.2 Å². The molecule has 0 bridgehead atoms. The van der Waals surface area contributed by atoms with E-state index in [4.69, 9.17) is 4.74 Å². The van der Waals surface area contributed by atoms with Gasteiger partial charge in [0.25, 0.3) is 0 Å². The zero-order valence-electron chi connectivity index (χ0n) is 10.2. The molecule has 0 aliphatic rings. The van der Waals surface area contributed by atoms with E-state index in [-0.39, 0.29) is 11.4 Å². The van der Waals surface area contributed by atoms with E-state index in [1.165, 1.54) is 19.2 Å². The van der Waals surface area contributed by atoms with E-state index in [1.54, 1.807) is 12.1 Å². The predicted molar refractivity (Wildman–Crippen MR) is 66.1 cm³/mol. The van der Waals surface area contributed by atoms with Crippen LogP contribution in [-0.4, -0.2) is 42.7 Å². The van der Waals surface area contributed by atoms with E-state index < -0.39 is 10.0 Å². The van der Waals surface area contributed by atoms with Crippen molar-refractivity contribution in [2.24, 2.45) is 0 Å². The van der Waals surface area contributed by atoms with Crippen molar-refractivity contribution < 1.29 is 13.2 Å². The van der Waals surface area contributed by atoms with E-state index in [1.807, 2.05) is 0 Å². The van der Waals surface area contributed by atoms with Gasteiger partial charge in [0.15, 0.2) is 5.82 Å². The summed E-state index contributed by atoms with van der Waals surface area (Å²) < 4.78 is 31.3. The number of aromatic amines is 1. The zero-order chi connectivity index (χ0) is 13.7. The summed E-state index contributed by atoms with van der Waals surface area (Å²) in [6, 6.07) is 6.15. The predicted octanol–water partition coefficient (Wildman–Crippen LogP) is -0.271. The second kappa shape index (κ2) is 5.76. The van der Waals surface area contributed by atoms with E-state index in [0.717, 1.165) is 0 Å². The minimum absolute atomic E-state index is 0.182. The van der Waals surface area contributed by atoms with Gasteiger partial charge in [-0.15, -0.1) is 10.2 Å². The van der Waals surface area contributed by atoms with Gasteiger partial charge in [-0.1, -0.05) is 5.21 Å². The largest absolute Gasteiger partial charge is 0.497 e. The van der Waals surface area contributed by atoms with E-state index in [2.05, 4.69) is 25.3 Å². The molecule has 2 rings (SSSR count). The van der Waals surface area contributed by atoms with Crippen LogP contribution in [0.4, 0.5) is 0 Å². The number of ether oxygens (including phenoxy) is 1. The fraction of sp³-hybridized carbons (Fsp3) is 0.300. The Hall–Kier alpha value is -2.00. The number of hydrogen-bond donors (Lipinski definition) is 2. The van der Waals surface area contributed by atoms with E-state index in [9.17, 15) is 8.42 Å². The van der Waals surface area contributed by atoms with Gasteiger partial charge < -0.3 is 4.74 Å². The summed E-state index contributed by atoms with van der Waals surface area (Å²) in [5, 5.41) is 13.2. The van der Waals surface area contributed by atoms with Crippen molar-refractivity contribution in [1.82, 2.24) is 25.3 Å². The van der Waals surface area contributed by atoms with Crippen LogP contribution in [0.1, 0.15) is 5.82 Å². The molecule has 0 spiro atoms. The third-order valence-electron chi connectivity index (χ3n) is 2.40. The SMILES string of the molecule is COc1ccc(S(=O)(=O)NCCc2nn[nH]n2)cc1. The van der Waals surface area contributed by atoms with Gasteiger partial charge in [0.05, 0.1) is 12.0 Å². The normalized spacial score (nSPS) is 11.4. The molecule has 0 amide bonds. The highest BCUT2D eigenvalue weighted by Crippen LogP contribution is 2.15. The fourth-order valence-corrected chi connectivity index (χ4v) is 2.46. The molecule has 8 nitrogen and oxygen atoms in total. The summed E-state index contributed by atoms with van der Waals surface area (Å²) in [5.74, 6) is 1.06. The van der Waals surface area contributed by atoms with Gasteiger partial charge in [0, 0.05) is 13.0 Å². The van der Waals surface area contributed by atoms with Crippen molar-refractivity contribution in [2.75, 3.05) is 13.7 Å². The van der Waals surface area contributed by atoms with Crippen LogP contribution in [0.2, 0.25) is 0 Å². The molecule has 0 atom stereocenters. The van der Waals surface area contributed by atoms with Crippen molar-refractivity contribution in [3.05, 3.63) is 30.1 Å². The van der Waals surface area contributed by atoms with Crippen LogP contribution in [0.5, 0.6) is 5.75 Å². The summed E-state index contributed by atoms with van der Waals surface area (Å²) in [6.07, 6.45) is 0.367. The van der Waals surface area contributed by atoms with Crippen LogP contribution in [0.3, 0.4) is 0 Å². The number of sulfonamides is 1. The number of aromatic nitrogens is 4. The average Bonchev–Trinajstić information content (AvgIpc) is 2.92. The third-order valence-corrected chi connectivity index (χ3v) is 3.88. The van der Waals surface area contributed by atoms with Crippen molar-refractivity contribution >= 4 is 10.0 Å². The number of rotatable bonds is 6. The molecular weight excluding hydrogens is 270 g/mol. The van der Waals surface area contributed by atoms with E-state index in [0.29, 0.717) is 18.0 Å². The molecular formula is C10H13N5O3S. The maximum absolute atomic E-state index is 11.9. The highest BCUT2D eigenvalue weighted by atomic mass is 32.2. The van der Waals surface area contributed by atoms with E-state index >= 15 is 0 Å². The molecule has 0 radical (unpaired) electrons. The number of benzene rings is 1. The molecule has 0 fully saturated rings. The number of methoxy groups -OCH3 is 1. The van der Waals surface area contributed by atoms with Gasteiger partial charge in [0.2, 0.25) is 10.0 Å². The minimum Gasteiger partial charge on any atom is -0.497 e. The van der Waals surface area contributed by atoms with Gasteiger partial charge in [-0.05, 0) is 24.3 Å². The lowest BCUT2D eigenvalue weighted by Gasteiger charge is -2.06. The molecule has 19 heavy (non-hydrogen) atoms. The third kappa shape index (κ3) is 3.48. The molecule has 1 aromatic carbocycles. The zero-order valence-corrected chi connectivity index (χ0v) is 11.0. The molecule has 0 unspecified atom stereocenters. The maximum atomic E-state index is 11.9. The molecule has 2 N–H and O–H groups in total. The Balaban J connectivity index is 1.97. The molecule has 9 heteroatoms. The average molecular weight is 283 g/mol. The fourth-order valence-electron chi connectivity index (χ4n) is 1.42. The first-order chi connectivity index (χ1) is 9.12. The topological polar surface area (TPSA) is 110 Å². The molecule has 0 aliphatic carbocycles. The van der Waals surface area contributed by atoms with Crippen molar-refractivity contribution in [3.63, 3.8) is 0 Å². The highest BCUT2D eigenvalue weighted by Gasteiger charge is 2.13. The van der Waals surface area contributed by atoms with Gasteiger partial charge in [0.1, 0.15) is 5.75 Å². The van der Waals surface area contributed by atoms with Crippen LogP contribution in [0.25, 0.3) is 0 Å². The van der Waals surface area contributed by atoms with Crippen LogP contribution >= 0.6 is 0 Å². The van der Waals surface area contributed by atoms with Gasteiger partial charge in [-0.25, -0.2) is 13.1 Å². The highest BCUT2D eigenvalue weighted by molar-refractivity contribution is 7.89. The summed E-state index contributed by atoms with van der Waals surface area (Å²) in [5.41, 5.74) is 0. The number of tetrazole rings is 1. The van der Waals surface area contributed by atoms with Gasteiger partial charge in [-0.2, -0.15) is 5.21 Å². The Morgan fingerprint density at radius 1 is 1.32 bits per heavy atom. The lowest BCUT2D eigenvalue weighted by atomic mass is 10.3. The molecule has 0 aliphatic heterocycles. The van der Waals surface area contributed by atoms with Gasteiger partial charge in [-0.3, -0.25) is 0 Å². The van der Waals surface area contributed by atoms with Crippen molar-refractivity contribution in [1.29, 1.82) is 0 Å². The number of nitrogens with zero attached hydrogens (tertiary/aromatic N) is 3. The van der Waals surface area contributed by atoms with Crippen LogP contribution in [0, 0.1) is 0 Å². The standard InChI is InChI=1S/C10H13N5O3S/c1-18-8-2-4-9(5-3-8)19(16,17)11-7-6-10-12-14-15-13-10/h2-5,11H,6-7H2,1H3,(H,12,13,14,15). The lowest BCUT2D eigenvalue weighted by molar-refractivity contribution is 0.414. The first kappa shape index (κ1) is 13.4. The monoisotopic (exact) mass is 283 g/mol. The quantitative estimate of drug-likeness (QED) is 0.755. The first-order valence-corrected chi connectivity index (χ1v) is 6.96. The van der Waals surface area contributed by atoms with Crippen molar-refractivity contribution in [3.8, 4) is 5.75 Å². The summed E-state index contributed by atoms with van der Waals surface area (Å²) in [4.78, 5) is 0.182. The molecule has 0 saturated heterocycles. The Morgan fingerprint density at radius 3 is 2.63 bits per heavy atom. The second-order valence-electron chi connectivity index (χ2n) is 3.65. The summed E-state index contributed by atoms with van der Waals surface area (Å²) in [7, 11) is -2.01. The molecule has 102 valence electrons. The molecule has 2 aromatic rings. The Labute approximate surface area is 110 Å². The number of hydrogen-bond acceptors (Lipinski definition) is 6. The number of H-pyrrole nitrogens is 1. The first-order valence-electron chi connectivity index (χ1n) is 5.48. The molecule has 1 aromatic heterocycles. The maximum Gasteiger partial charge on any atom is 0.240 e. The Kier molecular flexibility index (Phi) is 4.07. The lowest BCUT2D eigenvalue weighted by Crippen LogP contribution is -2.26. The molecule has 1 heterocycles. The van der Waals surface area contributed by atoms with Crippen LogP contribution in [-0.2, 0) is 16.4 Å². The Morgan fingerprint density at radius 2 is 2.05 bits per heavy atom. The Bertz CT molecular complexity index is 609. The smallest absolute Gasteiger partial charge is 0.240 e. The van der Waals surface area contributed by atoms with Crippen molar-refractivity contribution in [2.45, 2.75) is 11.3 Å². The van der Waals surface area contributed by atoms with Gasteiger partial charge >= 0.3 is 0 Å². The number of nitrogens with one attached hydrogen (secondary N) is 2. The van der Waals surface area contributed by atoms with Crippen LogP contribution < -0.4 is 9.46 Å². The molecule has 0 saturated carbocycles. The summed E-state index contributed by atoms with van der Waals surface area (Å²) >= 11 is 0. The summed E-state index contributed by atoms with van der Waals surface area (Å²) in [6.45, 7) is 0.202. The second-order valence-corrected chi connectivity index (χ2v) is 5.42.